The highest BCUT2D eigenvalue weighted by Crippen LogP contribution is 2.22. The minimum absolute atomic E-state index is 0.218. The SMILES string of the molecule is CCc1nn(C)c(Cn2ncc(Br)c(Br)c2=O)c1Cl. The zero-order chi connectivity index (χ0) is 14.2. The fourth-order valence-electron chi connectivity index (χ4n) is 1.69. The Labute approximate surface area is 131 Å². The Kier molecular flexibility index (Phi) is 4.47. The van der Waals surface area contributed by atoms with Crippen LogP contribution in [-0.2, 0) is 20.0 Å². The fraction of sp³-hybridized carbons (Fsp3) is 0.364. The van der Waals surface area contributed by atoms with Crippen molar-refractivity contribution in [1.29, 1.82) is 0 Å². The summed E-state index contributed by atoms with van der Waals surface area (Å²) in [5.41, 5.74) is 1.37. The molecule has 0 spiro atoms. The van der Waals surface area contributed by atoms with Crippen LogP contribution in [0.3, 0.4) is 0 Å². The predicted molar refractivity (Wildman–Crippen MR) is 80.6 cm³/mol. The van der Waals surface area contributed by atoms with E-state index in [1.807, 2.05) is 6.92 Å². The largest absolute Gasteiger partial charge is 0.282 e. The van der Waals surface area contributed by atoms with E-state index in [1.54, 1.807) is 17.9 Å². The van der Waals surface area contributed by atoms with E-state index >= 15 is 0 Å². The van der Waals surface area contributed by atoms with E-state index < -0.39 is 0 Å². The van der Waals surface area contributed by atoms with Gasteiger partial charge in [0, 0.05) is 7.05 Å². The third-order valence-electron chi connectivity index (χ3n) is 2.74. The molecule has 0 amide bonds. The fourth-order valence-corrected chi connectivity index (χ4v) is 2.61. The molecule has 0 aliphatic carbocycles. The molecule has 0 aromatic carbocycles. The van der Waals surface area contributed by atoms with Crippen molar-refractivity contribution in [3.05, 3.63) is 41.9 Å². The molecule has 0 unspecified atom stereocenters. The molecule has 0 atom stereocenters. The Morgan fingerprint density at radius 2 is 2.11 bits per heavy atom. The third kappa shape index (κ3) is 2.78. The number of halogens is 3. The van der Waals surface area contributed by atoms with E-state index in [2.05, 4.69) is 42.1 Å². The summed E-state index contributed by atoms with van der Waals surface area (Å²) in [6, 6.07) is 0. The molecule has 0 radical (unpaired) electrons. The number of aromatic nitrogens is 4. The normalized spacial score (nSPS) is 11.0. The molecule has 0 N–H and O–H groups in total. The van der Waals surface area contributed by atoms with Crippen molar-refractivity contribution in [1.82, 2.24) is 19.6 Å². The second kappa shape index (κ2) is 5.76. The van der Waals surface area contributed by atoms with E-state index in [0.29, 0.717) is 14.0 Å². The van der Waals surface area contributed by atoms with Crippen molar-refractivity contribution >= 4 is 43.5 Å². The van der Waals surface area contributed by atoms with Crippen LogP contribution in [0.1, 0.15) is 18.3 Å². The van der Waals surface area contributed by atoms with Gasteiger partial charge in [-0.2, -0.15) is 10.2 Å². The first-order chi connectivity index (χ1) is 8.95. The molecule has 0 aliphatic heterocycles. The van der Waals surface area contributed by atoms with E-state index in [-0.39, 0.29) is 12.1 Å². The molecule has 0 bridgehead atoms. The minimum Gasteiger partial charge on any atom is -0.269 e. The van der Waals surface area contributed by atoms with Crippen molar-refractivity contribution in [2.24, 2.45) is 7.05 Å². The molecule has 2 heterocycles. The van der Waals surface area contributed by atoms with Crippen LogP contribution in [-0.4, -0.2) is 19.6 Å². The Morgan fingerprint density at radius 3 is 2.68 bits per heavy atom. The lowest BCUT2D eigenvalue weighted by Gasteiger charge is -2.06. The molecule has 0 aliphatic rings. The number of hydrogen-bond donors (Lipinski definition) is 0. The first-order valence-corrected chi connectivity index (χ1v) is 7.53. The van der Waals surface area contributed by atoms with Gasteiger partial charge in [-0.3, -0.25) is 9.48 Å². The molecule has 0 saturated carbocycles. The van der Waals surface area contributed by atoms with Crippen molar-refractivity contribution in [2.75, 3.05) is 0 Å². The second-order valence-electron chi connectivity index (χ2n) is 3.95. The Bertz CT molecular complexity index is 680. The molecule has 19 heavy (non-hydrogen) atoms. The Hall–Kier alpha value is -0.660. The summed E-state index contributed by atoms with van der Waals surface area (Å²) in [5, 5.41) is 8.99. The molecule has 0 saturated heterocycles. The van der Waals surface area contributed by atoms with Crippen LogP contribution in [0.5, 0.6) is 0 Å². The summed E-state index contributed by atoms with van der Waals surface area (Å²) in [6.45, 7) is 2.27. The van der Waals surface area contributed by atoms with Crippen LogP contribution < -0.4 is 5.56 Å². The zero-order valence-corrected chi connectivity index (χ0v) is 14.3. The highest BCUT2D eigenvalue weighted by atomic mass is 79.9. The smallest absolute Gasteiger partial charge is 0.269 e. The van der Waals surface area contributed by atoms with Crippen LogP contribution in [0.2, 0.25) is 5.02 Å². The van der Waals surface area contributed by atoms with Crippen LogP contribution in [0, 0.1) is 0 Å². The maximum atomic E-state index is 12.0. The van der Waals surface area contributed by atoms with Gasteiger partial charge in [-0.1, -0.05) is 18.5 Å². The maximum Gasteiger partial charge on any atom is 0.282 e. The molecular weight excluding hydrogens is 399 g/mol. The number of nitrogens with zero attached hydrogens (tertiary/aromatic N) is 4. The number of aryl methyl sites for hydroxylation is 2. The van der Waals surface area contributed by atoms with Crippen LogP contribution in [0.25, 0.3) is 0 Å². The topological polar surface area (TPSA) is 52.7 Å². The molecule has 5 nitrogen and oxygen atoms in total. The van der Waals surface area contributed by atoms with Gasteiger partial charge < -0.3 is 0 Å². The summed E-state index contributed by atoms with van der Waals surface area (Å²) in [4.78, 5) is 12.0. The molecule has 2 rings (SSSR count). The summed E-state index contributed by atoms with van der Waals surface area (Å²) >= 11 is 12.7. The molecular formula is C11H11Br2ClN4O. The van der Waals surface area contributed by atoms with Gasteiger partial charge in [0.05, 0.1) is 33.6 Å². The van der Waals surface area contributed by atoms with Crippen LogP contribution in [0.15, 0.2) is 19.9 Å². The molecule has 102 valence electrons. The van der Waals surface area contributed by atoms with Gasteiger partial charge in [0.1, 0.15) is 4.47 Å². The van der Waals surface area contributed by atoms with E-state index in [1.165, 1.54) is 4.68 Å². The lowest BCUT2D eigenvalue weighted by Crippen LogP contribution is -2.25. The first-order valence-electron chi connectivity index (χ1n) is 5.57. The molecule has 2 aromatic heterocycles. The van der Waals surface area contributed by atoms with Gasteiger partial charge in [-0.25, -0.2) is 4.68 Å². The van der Waals surface area contributed by atoms with Crippen LogP contribution >= 0.6 is 43.5 Å². The number of rotatable bonds is 3. The van der Waals surface area contributed by atoms with E-state index in [4.69, 9.17) is 11.6 Å². The molecule has 8 heteroatoms. The van der Waals surface area contributed by atoms with Gasteiger partial charge in [0.25, 0.3) is 5.56 Å². The summed E-state index contributed by atoms with van der Waals surface area (Å²) in [6.07, 6.45) is 2.32. The lowest BCUT2D eigenvalue weighted by molar-refractivity contribution is 0.586. The maximum absolute atomic E-state index is 12.0. The van der Waals surface area contributed by atoms with Gasteiger partial charge in [-0.15, -0.1) is 0 Å². The van der Waals surface area contributed by atoms with Gasteiger partial charge in [0.15, 0.2) is 0 Å². The third-order valence-corrected chi connectivity index (χ3v) is 5.08. The van der Waals surface area contributed by atoms with Crippen LogP contribution in [0.4, 0.5) is 0 Å². The van der Waals surface area contributed by atoms with E-state index in [0.717, 1.165) is 17.8 Å². The highest BCUT2D eigenvalue weighted by Gasteiger charge is 2.15. The predicted octanol–water partition coefficient (Wildman–Crippen LogP) is 2.77. The molecule has 2 aromatic rings. The second-order valence-corrected chi connectivity index (χ2v) is 5.98. The van der Waals surface area contributed by atoms with Crippen molar-refractivity contribution < 1.29 is 0 Å². The van der Waals surface area contributed by atoms with Crippen molar-refractivity contribution in [3.8, 4) is 0 Å². The van der Waals surface area contributed by atoms with Gasteiger partial charge in [0.2, 0.25) is 0 Å². The minimum atomic E-state index is -0.218. The average Bonchev–Trinajstić information content (AvgIpc) is 2.66. The summed E-state index contributed by atoms with van der Waals surface area (Å²) in [7, 11) is 1.80. The molecule has 0 fully saturated rings. The summed E-state index contributed by atoms with van der Waals surface area (Å²) in [5.74, 6) is 0. The van der Waals surface area contributed by atoms with Gasteiger partial charge in [-0.05, 0) is 38.3 Å². The lowest BCUT2D eigenvalue weighted by atomic mass is 10.3. The van der Waals surface area contributed by atoms with Crippen molar-refractivity contribution in [2.45, 2.75) is 19.9 Å². The quantitative estimate of drug-likeness (QED) is 0.782. The zero-order valence-electron chi connectivity index (χ0n) is 10.3. The standard InChI is InChI=1S/C11H11Br2ClN4O/c1-3-7-10(14)8(17(2)16-7)5-18-11(19)9(13)6(12)4-15-18/h4H,3,5H2,1-2H3. The van der Waals surface area contributed by atoms with E-state index in [9.17, 15) is 4.79 Å². The first kappa shape index (κ1) is 14.7. The monoisotopic (exact) mass is 408 g/mol. The Morgan fingerprint density at radius 1 is 1.42 bits per heavy atom. The summed E-state index contributed by atoms with van der Waals surface area (Å²) < 4.78 is 4.10. The Balaban J connectivity index is 2.45. The van der Waals surface area contributed by atoms with Gasteiger partial charge >= 0.3 is 0 Å². The average molecular weight is 410 g/mol. The number of hydrogen-bond acceptors (Lipinski definition) is 3. The van der Waals surface area contributed by atoms with Crippen molar-refractivity contribution in [3.63, 3.8) is 0 Å². The highest BCUT2D eigenvalue weighted by molar-refractivity contribution is 9.13.